The van der Waals surface area contributed by atoms with Crippen molar-refractivity contribution in [2.45, 2.75) is 46.1 Å². The average Bonchev–Trinajstić information content (AvgIpc) is 2.66. The third-order valence-electron chi connectivity index (χ3n) is 3.64. The maximum atomic E-state index is 5.61. The zero-order valence-corrected chi connectivity index (χ0v) is 12.1. The molecule has 0 aromatic rings. The van der Waals surface area contributed by atoms with Crippen LogP contribution in [0, 0.1) is 5.41 Å². The van der Waals surface area contributed by atoms with E-state index in [0.717, 1.165) is 13.2 Å². The Bertz CT molecular complexity index is 200. The van der Waals surface area contributed by atoms with Gasteiger partial charge in [0.05, 0.1) is 12.7 Å². The normalized spacial score (nSPS) is 25.1. The zero-order chi connectivity index (χ0) is 12.7. The van der Waals surface area contributed by atoms with Gasteiger partial charge in [-0.3, -0.25) is 0 Å². The number of hydrogen-bond donors (Lipinski definition) is 1. The molecule has 1 atom stereocenters. The summed E-state index contributed by atoms with van der Waals surface area (Å²) in [5, 5.41) is 3.52. The van der Waals surface area contributed by atoms with Crippen molar-refractivity contribution in [3.8, 4) is 0 Å². The SMILES string of the molecule is CCCC1(CN(C)CCOC(C)C)CCNC1. The highest BCUT2D eigenvalue weighted by Crippen LogP contribution is 2.31. The van der Waals surface area contributed by atoms with E-state index in [1.165, 1.54) is 38.9 Å². The first-order valence-electron chi connectivity index (χ1n) is 7.09. The molecule has 0 aliphatic carbocycles. The molecule has 0 bridgehead atoms. The van der Waals surface area contributed by atoms with E-state index in [0.29, 0.717) is 11.5 Å². The van der Waals surface area contributed by atoms with Crippen LogP contribution in [-0.2, 0) is 4.74 Å². The zero-order valence-electron chi connectivity index (χ0n) is 12.1. The first kappa shape index (κ1) is 14.9. The van der Waals surface area contributed by atoms with E-state index in [2.05, 4.69) is 38.0 Å². The summed E-state index contributed by atoms with van der Waals surface area (Å²) in [6, 6.07) is 0. The molecule has 3 nitrogen and oxygen atoms in total. The van der Waals surface area contributed by atoms with Gasteiger partial charge >= 0.3 is 0 Å². The van der Waals surface area contributed by atoms with Crippen molar-refractivity contribution in [1.82, 2.24) is 10.2 Å². The Morgan fingerprint density at radius 1 is 1.41 bits per heavy atom. The van der Waals surface area contributed by atoms with Crippen LogP contribution in [0.2, 0.25) is 0 Å². The second-order valence-corrected chi connectivity index (χ2v) is 5.83. The fourth-order valence-corrected chi connectivity index (χ4v) is 2.85. The lowest BCUT2D eigenvalue weighted by molar-refractivity contribution is 0.0548. The summed E-state index contributed by atoms with van der Waals surface area (Å²) in [6.45, 7) is 12.0. The molecule has 0 spiro atoms. The van der Waals surface area contributed by atoms with Crippen LogP contribution in [0.25, 0.3) is 0 Å². The summed E-state index contributed by atoms with van der Waals surface area (Å²) in [4.78, 5) is 2.44. The lowest BCUT2D eigenvalue weighted by Crippen LogP contribution is -2.39. The molecule has 1 saturated heterocycles. The molecule has 0 saturated carbocycles. The Hall–Kier alpha value is -0.120. The summed E-state index contributed by atoms with van der Waals surface area (Å²) in [6.07, 6.45) is 4.31. The maximum Gasteiger partial charge on any atom is 0.0596 e. The van der Waals surface area contributed by atoms with Crippen LogP contribution in [0.3, 0.4) is 0 Å². The molecule has 1 aliphatic heterocycles. The Kier molecular flexibility index (Phi) is 6.45. The standard InChI is InChI=1S/C14H30N2O/c1-5-6-14(7-8-15-11-14)12-16(4)9-10-17-13(2)3/h13,15H,5-12H2,1-4H3. The molecule has 3 heteroatoms. The van der Waals surface area contributed by atoms with Crippen molar-refractivity contribution < 1.29 is 4.74 Å². The maximum absolute atomic E-state index is 5.61. The van der Waals surface area contributed by atoms with Gasteiger partial charge < -0.3 is 15.0 Å². The minimum atomic E-state index is 0.348. The molecular weight excluding hydrogens is 212 g/mol. The van der Waals surface area contributed by atoms with Crippen molar-refractivity contribution in [2.24, 2.45) is 5.41 Å². The Labute approximate surface area is 107 Å². The summed E-state index contributed by atoms with van der Waals surface area (Å²) in [5.74, 6) is 0. The molecular formula is C14H30N2O. The Morgan fingerprint density at radius 2 is 2.18 bits per heavy atom. The lowest BCUT2D eigenvalue weighted by Gasteiger charge is -2.33. The number of hydrogen-bond acceptors (Lipinski definition) is 3. The summed E-state index contributed by atoms with van der Waals surface area (Å²) < 4.78 is 5.61. The van der Waals surface area contributed by atoms with Crippen molar-refractivity contribution in [3.05, 3.63) is 0 Å². The van der Waals surface area contributed by atoms with Gasteiger partial charge in [-0.25, -0.2) is 0 Å². The van der Waals surface area contributed by atoms with Gasteiger partial charge in [-0.2, -0.15) is 0 Å². The van der Waals surface area contributed by atoms with Crippen LogP contribution in [0.15, 0.2) is 0 Å². The molecule has 0 amide bonds. The van der Waals surface area contributed by atoms with Gasteiger partial charge in [-0.1, -0.05) is 13.3 Å². The quantitative estimate of drug-likeness (QED) is 0.705. The minimum Gasteiger partial charge on any atom is -0.377 e. The van der Waals surface area contributed by atoms with Crippen LogP contribution in [0.1, 0.15) is 40.0 Å². The van der Waals surface area contributed by atoms with E-state index in [1.807, 2.05) is 0 Å². The van der Waals surface area contributed by atoms with Crippen LogP contribution < -0.4 is 5.32 Å². The highest BCUT2D eigenvalue weighted by molar-refractivity contribution is 4.89. The topological polar surface area (TPSA) is 24.5 Å². The fourth-order valence-electron chi connectivity index (χ4n) is 2.85. The second-order valence-electron chi connectivity index (χ2n) is 5.83. The smallest absolute Gasteiger partial charge is 0.0596 e. The van der Waals surface area contributed by atoms with E-state index in [1.54, 1.807) is 0 Å². The van der Waals surface area contributed by atoms with Crippen LogP contribution in [0.4, 0.5) is 0 Å². The first-order chi connectivity index (χ1) is 8.08. The van der Waals surface area contributed by atoms with Gasteiger partial charge in [-0.15, -0.1) is 0 Å². The van der Waals surface area contributed by atoms with E-state index < -0.39 is 0 Å². The number of rotatable bonds is 8. The van der Waals surface area contributed by atoms with Crippen molar-refractivity contribution >= 4 is 0 Å². The highest BCUT2D eigenvalue weighted by Gasteiger charge is 2.33. The number of nitrogens with zero attached hydrogens (tertiary/aromatic N) is 1. The molecule has 0 aromatic heterocycles. The molecule has 1 rings (SSSR count). The summed E-state index contributed by atoms with van der Waals surface area (Å²) in [7, 11) is 2.22. The molecule has 1 fully saturated rings. The van der Waals surface area contributed by atoms with Crippen LogP contribution >= 0.6 is 0 Å². The highest BCUT2D eigenvalue weighted by atomic mass is 16.5. The van der Waals surface area contributed by atoms with Crippen molar-refractivity contribution in [1.29, 1.82) is 0 Å². The molecule has 0 aromatic carbocycles. The van der Waals surface area contributed by atoms with Crippen LogP contribution in [-0.4, -0.2) is 50.8 Å². The fraction of sp³-hybridized carbons (Fsp3) is 1.00. The van der Waals surface area contributed by atoms with E-state index in [4.69, 9.17) is 4.74 Å². The van der Waals surface area contributed by atoms with Crippen LogP contribution in [0.5, 0.6) is 0 Å². The summed E-state index contributed by atoms with van der Waals surface area (Å²) in [5.41, 5.74) is 0.515. The Morgan fingerprint density at radius 3 is 2.71 bits per heavy atom. The third-order valence-corrected chi connectivity index (χ3v) is 3.64. The van der Waals surface area contributed by atoms with E-state index in [-0.39, 0.29) is 0 Å². The largest absolute Gasteiger partial charge is 0.377 e. The average molecular weight is 242 g/mol. The molecule has 1 unspecified atom stereocenters. The van der Waals surface area contributed by atoms with Crippen molar-refractivity contribution in [2.75, 3.05) is 39.8 Å². The van der Waals surface area contributed by atoms with Gasteiger partial charge in [-0.05, 0) is 45.7 Å². The van der Waals surface area contributed by atoms with Gasteiger partial charge in [0.15, 0.2) is 0 Å². The molecule has 1 heterocycles. The monoisotopic (exact) mass is 242 g/mol. The molecule has 0 radical (unpaired) electrons. The van der Waals surface area contributed by atoms with E-state index in [9.17, 15) is 0 Å². The second kappa shape index (κ2) is 7.34. The predicted octanol–water partition coefficient (Wildman–Crippen LogP) is 2.12. The number of ether oxygens (including phenoxy) is 1. The van der Waals surface area contributed by atoms with E-state index >= 15 is 0 Å². The molecule has 1 aliphatic rings. The first-order valence-corrected chi connectivity index (χ1v) is 7.09. The van der Waals surface area contributed by atoms with Gasteiger partial charge in [0, 0.05) is 19.6 Å². The van der Waals surface area contributed by atoms with Gasteiger partial charge in [0.2, 0.25) is 0 Å². The molecule has 17 heavy (non-hydrogen) atoms. The number of nitrogens with one attached hydrogen (secondary N) is 1. The lowest BCUT2D eigenvalue weighted by atomic mass is 9.82. The molecule has 102 valence electrons. The van der Waals surface area contributed by atoms with Gasteiger partial charge in [0.1, 0.15) is 0 Å². The molecule has 1 N–H and O–H groups in total. The van der Waals surface area contributed by atoms with Crippen molar-refractivity contribution in [3.63, 3.8) is 0 Å². The Balaban J connectivity index is 2.29. The predicted molar refractivity (Wildman–Crippen MR) is 73.4 cm³/mol. The summed E-state index contributed by atoms with van der Waals surface area (Å²) >= 11 is 0. The third kappa shape index (κ3) is 5.36. The minimum absolute atomic E-state index is 0.348. The number of likely N-dealkylation sites (N-methyl/N-ethyl adjacent to an activating group) is 1. The van der Waals surface area contributed by atoms with Gasteiger partial charge in [0.25, 0.3) is 0 Å².